The molecule has 1 N–H and O–H groups in total. The highest BCUT2D eigenvalue weighted by Gasteiger charge is 2.50. The van der Waals surface area contributed by atoms with E-state index in [1.54, 1.807) is 0 Å². The van der Waals surface area contributed by atoms with E-state index in [1.807, 2.05) is 0 Å². The highest BCUT2D eigenvalue weighted by Crippen LogP contribution is 2.40. The number of carbonyl (C=O) groups is 2. The molecule has 1 fully saturated rings. The molecule has 1 amide bonds. The molecule has 0 aliphatic carbocycles. The molecule has 0 spiro atoms. The fourth-order valence-corrected chi connectivity index (χ4v) is 2.68. The van der Waals surface area contributed by atoms with Gasteiger partial charge in [-0.2, -0.15) is 0 Å². The SMILES string of the molecule is CC1(c2cc(F)cc(F)c2)OC(N2CCCC2=O)=C(O)C1=O. The number of likely N-dealkylation sites (tertiary alicyclic amines) is 1. The summed E-state index contributed by atoms with van der Waals surface area (Å²) >= 11 is 0. The Balaban J connectivity index is 2.01. The molecule has 5 nitrogen and oxygen atoms in total. The molecule has 1 aromatic carbocycles. The highest BCUT2D eigenvalue weighted by atomic mass is 19.1. The summed E-state index contributed by atoms with van der Waals surface area (Å²) < 4.78 is 32.3. The Labute approximate surface area is 124 Å². The maximum atomic E-state index is 13.4. The van der Waals surface area contributed by atoms with Crippen LogP contribution in [-0.2, 0) is 19.9 Å². The van der Waals surface area contributed by atoms with Gasteiger partial charge in [-0.1, -0.05) is 0 Å². The second kappa shape index (κ2) is 4.79. The van der Waals surface area contributed by atoms with Crippen molar-refractivity contribution in [3.63, 3.8) is 0 Å². The van der Waals surface area contributed by atoms with E-state index >= 15 is 0 Å². The van der Waals surface area contributed by atoms with Gasteiger partial charge in [0.15, 0.2) is 5.60 Å². The molecule has 3 rings (SSSR count). The largest absolute Gasteiger partial charge is 0.501 e. The monoisotopic (exact) mass is 309 g/mol. The molecule has 1 saturated heterocycles. The van der Waals surface area contributed by atoms with Gasteiger partial charge in [0, 0.05) is 24.6 Å². The quantitative estimate of drug-likeness (QED) is 0.909. The predicted molar refractivity (Wildman–Crippen MR) is 70.4 cm³/mol. The summed E-state index contributed by atoms with van der Waals surface area (Å²) in [6.45, 7) is 1.62. The van der Waals surface area contributed by atoms with E-state index in [4.69, 9.17) is 4.74 Å². The number of ether oxygens (including phenoxy) is 1. The van der Waals surface area contributed by atoms with Crippen molar-refractivity contribution in [3.05, 3.63) is 47.0 Å². The number of hydrogen-bond acceptors (Lipinski definition) is 4. The first-order valence-corrected chi connectivity index (χ1v) is 6.77. The lowest BCUT2D eigenvalue weighted by molar-refractivity contribution is -0.136. The molecule has 0 saturated carbocycles. The molecule has 2 aliphatic rings. The van der Waals surface area contributed by atoms with Gasteiger partial charge in [-0.05, 0) is 25.5 Å². The van der Waals surface area contributed by atoms with Crippen molar-refractivity contribution < 1.29 is 28.2 Å². The Morgan fingerprint density at radius 2 is 1.86 bits per heavy atom. The van der Waals surface area contributed by atoms with Gasteiger partial charge in [-0.25, -0.2) is 8.78 Å². The van der Waals surface area contributed by atoms with E-state index in [-0.39, 0.29) is 17.4 Å². The Morgan fingerprint density at radius 1 is 1.23 bits per heavy atom. The predicted octanol–water partition coefficient (Wildman–Crippen LogP) is 2.13. The Morgan fingerprint density at radius 3 is 2.41 bits per heavy atom. The summed E-state index contributed by atoms with van der Waals surface area (Å²) in [5.74, 6) is -3.80. The molecule has 116 valence electrons. The minimum Gasteiger partial charge on any atom is -0.501 e. The van der Waals surface area contributed by atoms with E-state index in [2.05, 4.69) is 0 Å². The lowest BCUT2D eigenvalue weighted by Gasteiger charge is -2.26. The number of carbonyl (C=O) groups excluding carboxylic acids is 2. The molecule has 0 bridgehead atoms. The number of aliphatic hydroxyl groups is 1. The molecule has 0 aromatic heterocycles. The summed E-state index contributed by atoms with van der Waals surface area (Å²) in [6, 6.07) is 2.59. The number of aliphatic hydroxyl groups excluding tert-OH is 1. The standard InChI is InChI=1S/C15H13F2NO4/c1-15(8-5-9(16)7-10(17)6-8)13(21)12(20)14(22-15)18-4-2-3-11(18)19/h5-7,20H,2-4H2,1H3. The average Bonchev–Trinajstić information content (AvgIpc) is 2.96. The number of ketones is 1. The van der Waals surface area contributed by atoms with Crippen molar-refractivity contribution in [2.45, 2.75) is 25.4 Å². The van der Waals surface area contributed by atoms with Gasteiger partial charge in [0.1, 0.15) is 11.6 Å². The Hall–Kier alpha value is -2.44. The fourth-order valence-electron chi connectivity index (χ4n) is 2.68. The van der Waals surface area contributed by atoms with Crippen molar-refractivity contribution in [1.82, 2.24) is 4.90 Å². The van der Waals surface area contributed by atoms with Crippen molar-refractivity contribution in [2.75, 3.05) is 6.54 Å². The first kappa shape index (κ1) is 14.5. The van der Waals surface area contributed by atoms with Crippen LogP contribution in [0.2, 0.25) is 0 Å². The van der Waals surface area contributed by atoms with Gasteiger partial charge in [-0.15, -0.1) is 0 Å². The van der Waals surface area contributed by atoms with E-state index in [0.717, 1.165) is 12.1 Å². The molecule has 0 radical (unpaired) electrons. The fraction of sp³-hybridized carbons (Fsp3) is 0.333. The third-order valence-corrected chi connectivity index (χ3v) is 3.88. The highest BCUT2D eigenvalue weighted by molar-refractivity contribution is 6.03. The first-order valence-electron chi connectivity index (χ1n) is 6.77. The zero-order valence-electron chi connectivity index (χ0n) is 11.7. The number of amides is 1. The van der Waals surface area contributed by atoms with Crippen LogP contribution < -0.4 is 0 Å². The number of halogens is 2. The van der Waals surface area contributed by atoms with E-state index in [1.165, 1.54) is 11.8 Å². The number of rotatable bonds is 2. The van der Waals surface area contributed by atoms with Crippen molar-refractivity contribution in [1.29, 1.82) is 0 Å². The maximum Gasteiger partial charge on any atom is 0.250 e. The van der Waals surface area contributed by atoms with E-state index < -0.39 is 28.8 Å². The summed E-state index contributed by atoms with van der Waals surface area (Å²) in [5.41, 5.74) is -1.84. The summed E-state index contributed by atoms with van der Waals surface area (Å²) in [6.07, 6.45) is 0.873. The molecule has 2 heterocycles. The third kappa shape index (κ3) is 2.04. The zero-order valence-corrected chi connectivity index (χ0v) is 11.7. The second-order valence-electron chi connectivity index (χ2n) is 5.43. The van der Waals surface area contributed by atoms with Crippen molar-refractivity contribution in [3.8, 4) is 0 Å². The van der Waals surface area contributed by atoms with Crippen LogP contribution >= 0.6 is 0 Å². The number of nitrogens with zero attached hydrogens (tertiary/aromatic N) is 1. The van der Waals surface area contributed by atoms with Crippen LogP contribution in [0.3, 0.4) is 0 Å². The van der Waals surface area contributed by atoms with Crippen molar-refractivity contribution in [2.24, 2.45) is 0 Å². The van der Waals surface area contributed by atoms with Gasteiger partial charge >= 0.3 is 0 Å². The van der Waals surface area contributed by atoms with Crippen LogP contribution in [0, 0.1) is 11.6 Å². The molecule has 22 heavy (non-hydrogen) atoms. The van der Waals surface area contributed by atoms with Gasteiger partial charge in [0.2, 0.25) is 17.5 Å². The van der Waals surface area contributed by atoms with Crippen LogP contribution in [0.5, 0.6) is 0 Å². The number of Topliss-reactive ketones (excluding diaryl/α,β-unsaturated/α-hetero) is 1. The summed E-state index contributed by atoms with van der Waals surface area (Å²) in [7, 11) is 0. The smallest absolute Gasteiger partial charge is 0.250 e. The van der Waals surface area contributed by atoms with Crippen molar-refractivity contribution >= 4 is 11.7 Å². The second-order valence-corrected chi connectivity index (χ2v) is 5.43. The molecular formula is C15H13F2NO4. The minimum absolute atomic E-state index is 0.0665. The Kier molecular flexibility index (Phi) is 3.16. The lowest BCUT2D eigenvalue weighted by atomic mass is 9.91. The average molecular weight is 309 g/mol. The van der Waals surface area contributed by atoms with Gasteiger partial charge in [-0.3, -0.25) is 14.5 Å². The topological polar surface area (TPSA) is 66.8 Å². The van der Waals surface area contributed by atoms with Crippen LogP contribution in [0.25, 0.3) is 0 Å². The number of hydrogen-bond donors (Lipinski definition) is 1. The van der Waals surface area contributed by atoms with Crippen LogP contribution in [-0.4, -0.2) is 28.2 Å². The first-order chi connectivity index (χ1) is 10.3. The molecule has 1 atom stereocenters. The van der Waals surface area contributed by atoms with Crippen LogP contribution in [0.1, 0.15) is 25.3 Å². The van der Waals surface area contributed by atoms with Crippen LogP contribution in [0.15, 0.2) is 29.8 Å². The van der Waals surface area contributed by atoms with Gasteiger partial charge in [0.05, 0.1) is 0 Å². The molecule has 1 unspecified atom stereocenters. The maximum absolute atomic E-state index is 13.4. The number of benzene rings is 1. The zero-order chi connectivity index (χ0) is 16.1. The summed E-state index contributed by atoms with van der Waals surface area (Å²) in [5, 5.41) is 9.99. The van der Waals surface area contributed by atoms with E-state index in [0.29, 0.717) is 25.5 Å². The molecule has 2 aliphatic heterocycles. The van der Waals surface area contributed by atoms with Gasteiger partial charge in [0.25, 0.3) is 5.78 Å². The van der Waals surface area contributed by atoms with Crippen LogP contribution in [0.4, 0.5) is 8.78 Å². The molecule has 1 aromatic rings. The molecular weight excluding hydrogens is 296 g/mol. The summed E-state index contributed by atoms with van der Waals surface area (Å²) in [4.78, 5) is 25.2. The van der Waals surface area contributed by atoms with E-state index in [9.17, 15) is 23.5 Å². The minimum atomic E-state index is -1.77. The van der Waals surface area contributed by atoms with Gasteiger partial charge < -0.3 is 9.84 Å². The molecule has 7 heteroatoms. The lowest BCUT2D eigenvalue weighted by Crippen LogP contribution is -2.32. The normalized spacial score (nSPS) is 25.1. The third-order valence-electron chi connectivity index (χ3n) is 3.88. The Bertz CT molecular complexity index is 695.